The first-order valence-corrected chi connectivity index (χ1v) is 6.40. The number of hydrogen-bond donors (Lipinski definition) is 2. The highest BCUT2D eigenvalue weighted by Gasteiger charge is 2.35. The van der Waals surface area contributed by atoms with Crippen LogP contribution in [-0.4, -0.2) is 38.4 Å². The van der Waals surface area contributed by atoms with E-state index in [0.717, 1.165) is 6.42 Å². The van der Waals surface area contributed by atoms with Crippen molar-refractivity contribution in [2.75, 3.05) is 32.6 Å². The Morgan fingerprint density at radius 2 is 2.37 bits per heavy atom. The zero-order valence-electron chi connectivity index (χ0n) is 10.7. The van der Waals surface area contributed by atoms with Crippen molar-refractivity contribution in [3.8, 4) is 0 Å². The molecular weight excluding hydrogens is 268 g/mol. The third-order valence-electron chi connectivity index (χ3n) is 3.25. The fraction of sp³-hybridized carbons (Fsp3) is 0.462. The van der Waals surface area contributed by atoms with Crippen molar-refractivity contribution in [2.45, 2.75) is 12.0 Å². The molecule has 1 aliphatic rings. The van der Waals surface area contributed by atoms with Crippen LogP contribution >= 0.6 is 11.6 Å². The summed E-state index contributed by atoms with van der Waals surface area (Å²) < 4.78 is 10.8. The van der Waals surface area contributed by atoms with Crippen LogP contribution in [0.2, 0.25) is 5.02 Å². The first-order valence-electron chi connectivity index (χ1n) is 6.02. The molecule has 5 nitrogen and oxygen atoms in total. The van der Waals surface area contributed by atoms with Gasteiger partial charge in [0.1, 0.15) is 5.60 Å². The molecule has 0 bridgehead atoms. The Balaban J connectivity index is 2.01. The molecule has 1 saturated heterocycles. The number of rotatable bonds is 4. The van der Waals surface area contributed by atoms with Crippen molar-refractivity contribution in [2.24, 2.45) is 0 Å². The lowest BCUT2D eigenvalue weighted by Gasteiger charge is -2.25. The first kappa shape index (κ1) is 14.1. The van der Waals surface area contributed by atoms with E-state index >= 15 is 0 Å². The smallest absolute Gasteiger partial charge is 0.251 e. The topological polar surface area (TPSA) is 73.6 Å². The summed E-state index contributed by atoms with van der Waals surface area (Å²) in [5.74, 6) is -0.225. The van der Waals surface area contributed by atoms with E-state index in [4.69, 9.17) is 26.8 Å². The van der Waals surface area contributed by atoms with E-state index in [2.05, 4.69) is 5.32 Å². The van der Waals surface area contributed by atoms with Gasteiger partial charge in [-0.1, -0.05) is 11.6 Å². The van der Waals surface area contributed by atoms with Crippen molar-refractivity contribution < 1.29 is 14.3 Å². The van der Waals surface area contributed by atoms with E-state index in [1.807, 2.05) is 0 Å². The molecule has 1 atom stereocenters. The molecule has 0 saturated carbocycles. The SMILES string of the molecule is COC1(CNC(=O)c2cc(N)cc(Cl)c2)CCOC1. The molecule has 0 radical (unpaired) electrons. The summed E-state index contributed by atoms with van der Waals surface area (Å²) in [6, 6.07) is 4.77. The lowest BCUT2D eigenvalue weighted by atomic mass is 10.0. The average Bonchev–Trinajstić information content (AvgIpc) is 2.84. The maximum Gasteiger partial charge on any atom is 0.251 e. The molecule has 1 aliphatic heterocycles. The minimum atomic E-state index is -0.431. The standard InChI is InChI=1S/C13H17ClN2O3/c1-18-13(2-3-19-8-13)7-16-12(17)9-4-10(14)6-11(15)5-9/h4-6H,2-3,7-8,15H2,1H3,(H,16,17). The summed E-state index contributed by atoms with van der Waals surface area (Å²) in [5.41, 5.74) is 6.13. The summed E-state index contributed by atoms with van der Waals surface area (Å²) in [6.07, 6.45) is 0.765. The number of hydrogen-bond acceptors (Lipinski definition) is 4. The number of benzene rings is 1. The van der Waals surface area contributed by atoms with Gasteiger partial charge in [-0.05, 0) is 18.2 Å². The van der Waals surface area contributed by atoms with E-state index < -0.39 is 5.60 Å². The maximum atomic E-state index is 12.0. The van der Waals surface area contributed by atoms with Gasteiger partial charge >= 0.3 is 0 Å². The van der Waals surface area contributed by atoms with Gasteiger partial charge in [-0.25, -0.2) is 0 Å². The van der Waals surface area contributed by atoms with Crippen molar-refractivity contribution in [1.29, 1.82) is 0 Å². The largest absolute Gasteiger partial charge is 0.399 e. The van der Waals surface area contributed by atoms with E-state index in [9.17, 15) is 4.79 Å². The van der Waals surface area contributed by atoms with E-state index in [0.29, 0.717) is 36.0 Å². The van der Waals surface area contributed by atoms with E-state index in [-0.39, 0.29) is 5.91 Å². The van der Waals surface area contributed by atoms with Gasteiger partial charge in [-0.15, -0.1) is 0 Å². The average molecular weight is 285 g/mol. The number of ether oxygens (including phenoxy) is 2. The molecule has 1 fully saturated rings. The summed E-state index contributed by atoms with van der Waals surface area (Å²) >= 11 is 5.87. The normalized spacial score (nSPS) is 22.4. The zero-order valence-corrected chi connectivity index (χ0v) is 11.5. The molecule has 0 aromatic heterocycles. The fourth-order valence-electron chi connectivity index (χ4n) is 2.05. The summed E-state index contributed by atoms with van der Waals surface area (Å²) in [6.45, 7) is 1.53. The van der Waals surface area contributed by atoms with Crippen molar-refractivity contribution in [1.82, 2.24) is 5.32 Å². The first-order chi connectivity index (χ1) is 9.04. The van der Waals surface area contributed by atoms with Gasteiger partial charge < -0.3 is 20.5 Å². The number of carbonyl (C=O) groups is 1. The van der Waals surface area contributed by atoms with Gasteiger partial charge in [0, 0.05) is 43.0 Å². The Kier molecular flexibility index (Phi) is 4.29. The third kappa shape index (κ3) is 3.37. The molecule has 1 heterocycles. The monoisotopic (exact) mass is 284 g/mol. The summed E-state index contributed by atoms with van der Waals surface area (Å²) in [7, 11) is 1.62. The number of anilines is 1. The van der Waals surface area contributed by atoms with Crippen LogP contribution in [0, 0.1) is 0 Å². The number of amides is 1. The highest BCUT2D eigenvalue weighted by atomic mass is 35.5. The van der Waals surface area contributed by atoms with Crippen molar-refractivity contribution in [3.63, 3.8) is 0 Å². The van der Waals surface area contributed by atoms with E-state index in [1.54, 1.807) is 25.3 Å². The number of methoxy groups -OCH3 is 1. The second-order valence-electron chi connectivity index (χ2n) is 4.65. The van der Waals surface area contributed by atoms with Crippen LogP contribution in [0.4, 0.5) is 5.69 Å². The predicted octanol–water partition coefficient (Wildman–Crippen LogP) is 1.46. The van der Waals surface area contributed by atoms with Crippen LogP contribution in [0.5, 0.6) is 0 Å². The number of carbonyl (C=O) groups excluding carboxylic acids is 1. The van der Waals surface area contributed by atoms with Gasteiger partial charge in [0.25, 0.3) is 5.91 Å². The molecule has 0 aliphatic carbocycles. The maximum absolute atomic E-state index is 12.0. The molecule has 1 aromatic rings. The third-order valence-corrected chi connectivity index (χ3v) is 3.47. The molecule has 2 rings (SSSR count). The molecule has 19 heavy (non-hydrogen) atoms. The fourth-order valence-corrected chi connectivity index (χ4v) is 2.29. The van der Waals surface area contributed by atoms with Crippen molar-refractivity contribution >= 4 is 23.2 Å². The van der Waals surface area contributed by atoms with Gasteiger partial charge in [0.2, 0.25) is 0 Å². The molecule has 6 heteroatoms. The van der Waals surface area contributed by atoms with Crippen LogP contribution < -0.4 is 11.1 Å². The summed E-state index contributed by atoms with van der Waals surface area (Å²) in [4.78, 5) is 12.0. The highest BCUT2D eigenvalue weighted by molar-refractivity contribution is 6.31. The molecular formula is C13H17ClN2O3. The molecule has 3 N–H and O–H groups in total. The van der Waals surface area contributed by atoms with Crippen LogP contribution in [0.1, 0.15) is 16.8 Å². The Morgan fingerprint density at radius 3 is 2.95 bits per heavy atom. The number of halogens is 1. The highest BCUT2D eigenvalue weighted by Crippen LogP contribution is 2.22. The molecule has 1 aromatic carbocycles. The van der Waals surface area contributed by atoms with Gasteiger partial charge in [0.05, 0.1) is 6.61 Å². The van der Waals surface area contributed by atoms with Crippen LogP contribution in [0.25, 0.3) is 0 Å². The predicted molar refractivity (Wildman–Crippen MR) is 73.4 cm³/mol. The number of nitrogen functional groups attached to an aromatic ring is 1. The molecule has 0 spiro atoms. The van der Waals surface area contributed by atoms with Crippen LogP contribution in [0.15, 0.2) is 18.2 Å². The molecule has 1 amide bonds. The molecule has 1 unspecified atom stereocenters. The lowest BCUT2D eigenvalue weighted by molar-refractivity contribution is -0.0148. The number of nitrogens with one attached hydrogen (secondary N) is 1. The Bertz CT molecular complexity index is 453. The van der Waals surface area contributed by atoms with Crippen molar-refractivity contribution in [3.05, 3.63) is 28.8 Å². The second-order valence-corrected chi connectivity index (χ2v) is 5.08. The lowest BCUT2D eigenvalue weighted by Crippen LogP contribution is -2.45. The van der Waals surface area contributed by atoms with Crippen LogP contribution in [-0.2, 0) is 9.47 Å². The number of nitrogens with two attached hydrogens (primary N) is 1. The summed E-state index contributed by atoms with van der Waals surface area (Å²) in [5, 5.41) is 3.27. The minimum Gasteiger partial charge on any atom is -0.399 e. The van der Waals surface area contributed by atoms with E-state index in [1.165, 1.54) is 0 Å². The minimum absolute atomic E-state index is 0.225. The zero-order chi connectivity index (χ0) is 13.9. The van der Waals surface area contributed by atoms with Gasteiger partial charge in [-0.3, -0.25) is 4.79 Å². The quantitative estimate of drug-likeness (QED) is 0.821. The Labute approximate surface area is 117 Å². The second kappa shape index (κ2) is 5.77. The van der Waals surface area contributed by atoms with Crippen LogP contribution in [0.3, 0.4) is 0 Å². The van der Waals surface area contributed by atoms with Gasteiger partial charge in [-0.2, -0.15) is 0 Å². The van der Waals surface area contributed by atoms with Gasteiger partial charge in [0.15, 0.2) is 0 Å². The Hall–Kier alpha value is -1.30. The molecule has 104 valence electrons. The Morgan fingerprint density at radius 1 is 1.58 bits per heavy atom.